The summed E-state index contributed by atoms with van der Waals surface area (Å²) in [5.74, 6) is 1.23. The Bertz CT molecular complexity index is 1280. The van der Waals surface area contributed by atoms with E-state index in [2.05, 4.69) is 35.5 Å². The summed E-state index contributed by atoms with van der Waals surface area (Å²) in [6, 6.07) is 17.2. The number of hydrogen-bond donors (Lipinski definition) is 2. The number of benzene rings is 2. The molecule has 0 radical (unpaired) electrons. The highest BCUT2D eigenvalue weighted by atomic mass is 35.5. The molecule has 3 aromatic heterocycles. The number of imidazole rings is 1. The molecule has 0 aliphatic heterocycles. The molecule has 8 heteroatoms. The van der Waals surface area contributed by atoms with Crippen LogP contribution in [0.25, 0.3) is 33.7 Å². The summed E-state index contributed by atoms with van der Waals surface area (Å²) >= 11 is 6.24. The molecule has 29 heavy (non-hydrogen) atoms. The summed E-state index contributed by atoms with van der Waals surface area (Å²) < 4.78 is 0. The number of hydrogen-bond acceptors (Lipinski definition) is 6. The van der Waals surface area contributed by atoms with E-state index in [1.165, 1.54) is 0 Å². The van der Waals surface area contributed by atoms with Gasteiger partial charge in [-0.25, -0.2) is 15.0 Å². The van der Waals surface area contributed by atoms with Gasteiger partial charge in [0.1, 0.15) is 5.82 Å². The highest BCUT2D eigenvalue weighted by Gasteiger charge is 2.09. The van der Waals surface area contributed by atoms with Gasteiger partial charge in [0.05, 0.1) is 21.7 Å². The highest BCUT2D eigenvalue weighted by Crippen LogP contribution is 2.27. The molecule has 0 fully saturated rings. The monoisotopic (exact) mass is 399 g/mol. The van der Waals surface area contributed by atoms with E-state index in [0.717, 1.165) is 39.4 Å². The van der Waals surface area contributed by atoms with E-state index in [9.17, 15) is 0 Å². The van der Waals surface area contributed by atoms with Crippen molar-refractivity contribution in [3.05, 3.63) is 78.2 Å². The van der Waals surface area contributed by atoms with Crippen LogP contribution in [0.5, 0.6) is 0 Å². The van der Waals surface area contributed by atoms with Crippen LogP contribution < -0.4 is 5.32 Å². The first kappa shape index (κ1) is 17.3. The summed E-state index contributed by atoms with van der Waals surface area (Å²) in [5, 5.41) is 11.8. The van der Waals surface area contributed by atoms with Gasteiger partial charge in [-0.2, -0.15) is 10.2 Å². The topological polar surface area (TPSA) is 92.3 Å². The van der Waals surface area contributed by atoms with E-state index in [4.69, 9.17) is 11.6 Å². The summed E-state index contributed by atoms with van der Waals surface area (Å²) in [6.45, 7) is 0. The second-order valence-corrected chi connectivity index (χ2v) is 6.74. The zero-order valence-electron chi connectivity index (χ0n) is 15.0. The molecule has 0 spiro atoms. The van der Waals surface area contributed by atoms with Crippen LogP contribution in [0, 0.1) is 0 Å². The number of nitrogens with one attached hydrogen (secondary N) is 2. The van der Waals surface area contributed by atoms with Crippen LogP contribution in [0.3, 0.4) is 0 Å². The van der Waals surface area contributed by atoms with E-state index in [1.54, 1.807) is 18.6 Å². The Balaban J connectivity index is 1.40. The lowest BCUT2D eigenvalue weighted by Gasteiger charge is -2.06. The molecule has 0 atom stereocenters. The molecular formula is C21H14ClN7. The third-order valence-electron chi connectivity index (χ3n) is 4.38. The Labute approximate surface area is 170 Å². The first-order valence-electron chi connectivity index (χ1n) is 8.88. The number of para-hydroxylation sites is 1. The molecule has 0 amide bonds. The van der Waals surface area contributed by atoms with Crippen LogP contribution in [0.2, 0.25) is 5.02 Å². The smallest absolute Gasteiger partial charge is 0.227 e. The van der Waals surface area contributed by atoms with E-state index in [-0.39, 0.29) is 0 Å². The third-order valence-corrected chi connectivity index (χ3v) is 4.69. The van der Waals surface area contributed by atoms with E-state index >= 15 is 0 Å². The van der Waals surface area contributed by atoms with Gasteiger partial charge < -0.3 is 10.3 Å². The molecule has 7 nitrogen and oxygen atoms in total. The summed E-state index contributed by atoms with van der Waals surface area (Å²) in [7, 11) is 0. The minimum absolute atomic E-state index is 0.488. The number of anilines is 2. The summed E-state index contributed by atoms with van der Waals surface area (Å²) in [5.41, 5.74) is 4.96. The van der Waals surface area contributed by atoms with E-state index in [0.29, 0.717) is 11.0 Å². The number of aromatic nitrogens is 6. The van der Waals surface area contributed by atoms with Crippen LogP contribution >= 0.6 is 11.6 Å². The number of nitrogens with zero attached hydrogens (tertiary/aromatic N) is 5. The number of rotatable bonds is 4. The van der Waals surface area contributed by atoms with Gasteiger partial charge in [0, 0.05) is 35.4 Å². The van der Waals surface area contributed by atoms with Crippen LogP contribution in [0.15, 0.2) is 73.2 Å². The molecule has 0 bridgehead atoms. The second-order valence-electron chi connectivity index (χ2n) is 6.33. The lowest BCUT2D eigenvalue weighted by molar-refractivity contribution is 1.03. The number of H-pyrrole nitrogens is 1. The van der Waals surface area contributed by atoms with Crippen LogP contribution in [-0.4, -0.2) is 30.1 Å². The van der Waals surface area contributed by atoms with Crippen molar-refractivity contribution in [3.63, 3.8) is 0 Å². The zero-order valence-corrected chi connectivity index (χ0v) is 15.8. The maximum absolute atomic E-state index is 6.24. The van der Waals surface area contributed by atoms with Gasteiger partial charge >= 0.3 is 0 Å². The van der Waals surface area contributed by atoms with Gasteiger partial charge in [-0.05, 0) is 36.4 Å². The van der Waals surface area contributed by atoms with Crippen molar-refractivity contribution in [2.24, 2.45) is 0 Å². The van der Waals surface area contributed by atoms with Gasteiger partial charge in [-0.15, -0.1) is 0 Å². The predicted octanol–water partition coefficient (Wildman–Crippen LogP) is 4.87. The number of halogens is 1. The maximum atomic E-state index is 6.24. The maximum Gasteiger partial charge on any atom is 0.227 e. The van der Waals surface area contributed by atoms with E-state index < -0.39 is 0 Å². The van der Waals surface area contributed by atoms with Gasteiger partial charge in [0.2, 0.25) is 5.95 Å². The molecule has 0 unspecified atom stereocenters. The van der Waals surface area contributed by atoms with Crippen molar-refractivity contribution in [2.45, 2.75) is 0 Å². The Kier molecular flexibility index (Phi) is 4.34. The van der Waals surface area contributed by atoms with Gasteiger partial charge in [-0.1, -0.05) is 29.8 Å². The molecule has 0 saturated carbocycles. The van der Waals surface area contributed by atoms with Crippen LogP contribution in [0.1, 0.15) is 0 Å². The average molecular weight is 400 g/mol. The lowest BCUT2D eigenvalue weighted by atomic mass is 10.2. The first-order valence-corrected chi connectivity index (χ1v) is 9.26. The van der Waals surface area contributed by atoms with Crippen molar-refractivity contribution in [1.29, 1.82) is 0 Å². The molecule has 3 heterocycles. The highest BCUT2D eigenvalue weighted by molar-refractivity contribution is 6.35. The molecular weight excluding hydrogens is 386 g/mol. The molecule has 5 rings (SSSR count). The number of fused-ring (bicyclic) bond motifs is 1. The molecule has 0 aliphatic rings. The Morgan fingerprint density at radius 2 is 1.76 bits per heavy atom. The largest absolute Gasteiger partial charge is 0.337 e. The molecule has 2 aromatic carbocycles. The standard InChI is InChI=1S/C21H14ClN7/c22-16-6-2-7-18-19(16)28-20(27-18)13-4-1-5-15(10-13)26-21-23-11-14(12-24-21)17-8-3-9-25-29-17/h1-12H,(H,27,28)(H,23,24,26). The first-order chi connectivity index (χ1) is 14.3. The number of aromatic amines is 1. The molecule has 5 aromatic rings. The fourth-order valence-electron chi connectivity index (χ4n) is 2.99. The molecule has 140 valence electrons. The third kappa shape index (κ3) is 3.51. The average Bonchev–Trinajstić information content (AvgIpc) is 3.21. The Morgan fingerprint density at radius 3 is 2.55 bits per heavy atom. The van der Waals surface area contributed by atoms with Gasteiger partial charge in [-0.3, -0.25) is 0 Å². The van der Waals surface area contributed by atoms with Crippen LogP contribution in [-0.2, 0) is 0 Å². The fourth-order valence-corrected chi connectivity index (χ4v) is 3.20. The van der Waals surface area contributed by atoms with E-state index in [1.807, 2.05) is 54.6 Å². The minimum atomic E-state index is 0.488. The Morgan fingerprint density at radius 1 is 0.897 bits per heavy atom. The fraction of sp³-hybridized carbons (Fsp3) is 0. The van der Waals surface area contributed by atoms with Crippen molar-refractivity contribution in [1.82, 2.24) is 30.1 Å². The predicted molar refractivity (Wildman–Crippen MR) is 113 cm³/mol. The van der Waals surface area contributed by atoms with Crippen molar-refractivity contribution in [3.8, 4) is 22.6 Å². The molecule has 2 N–H and O–H groups in total. The summed E-state index contributed by atoms with van der Waals surface area (Å²) in [6.07, 6.45) is 5.05. The SMILES string of the molecule is Clc1cccc2nc(-c3cccc(Nc4ncc(-c5cccnn5)cn4)c3)[nH]c12. The molecule has 0 saturated heterocycles. The van der Waals surface area contributed by atoms with Crippen molar-refractivity contribution in [2.75, 3.05) is 5.32 Å². The zero-order chi connectivity index (χ0) is 19.6. The lowest BCUT2D eigenvalue weighted by Crippen LogP contribution is -1.97. The minimum Gasteiger partial charge on any atom is -0.337 e. The van der Waals surface area contributed by atoms with Crippen LogP contribution in [0.4, 0.5) is 11.6 Å². The van der Waals surface area contributed by atoms with Crippen molar-refractivity contribution < 1.29 is 0 Å². The second kappa shape index (κ2) is 7.29. The van der Waals surface area contributed by atoms with Gasteiger partial charge in [0.25, 0.3) is 0 Å². The quantitative estimate of drug-likeness (QED) is 0.447. The Hall–Kier alpha value is -3.84. The summed E-state index contributed by atoms with van der Waals surface area (Å²) in [4.78, 5) is 16.6. The van der Waals surface area contributed by atoms with Crippen molar-refractivity contribution >= 4 is 34.3 Å². The van der Waals surface area contributed by atoms with Gasteiger partial charge in [0.15, 0.2) is 0 Å². The normalized spacial score (nSPS) is 10.9. The molecule has 0 aliphatic carbocycles.